The number of nitrogens with zero attached hydrogens (tertiary/aromatic N) is 3. The molecule has 4 aliphatic rings. The van der Waals surface area contributed by atoms with E-state index in [2.05, 4.69) is 16.0 Å². The third-order valence-electron chi connectivity index (χ3n) is 9.43. The molecular formula is C31H31N3O5. The van der Waals surface area contributed by atoms with Crippen LogP contribution in [0.3, 0.4) is 0 Å². The summed E-state index contributed by atoms with van der Waals surface area (Å²) in [4.78, 5) is 6.76. The summed E-state index contributed by atoms with van der Waals surface area (Å²) in [5, 5.41) is 34.8. The van der Waals surface area contributed by atoms with Gasteiger partial charge >= 0.3 is 0 Å². The molecule has 1 aromatic heterocycles. The smallest absolute Gasteiger partial charge is 0.177 e. The van der Waals surface area contributed by atoms with Gasteiger partial charge in [-0.3, -0.25) is 9.88 Å². The molecule has 39 heavy (non-hydrogen) atoms. The minimum Gasteiger partial charge on any atom is -0.495 e. The molecule has 3 aromatic rings. The molecule has 7 atom stereocenters. The molecule has 2 saturated heterocycles. The quantitative estimate of drug-likeness (QED) is 0.523. The van der Waals surface area contributed by atoms with E-state index in [-0.39, 0.29) is 5.92 Å². The maximum Gasteiger partial charge on any atom is 0.177 e. The molecule has 8 nitrogen and oxygen atoms in total. The number of ether oxygens (including phenoxy) is 3. The van der Waals surface area contributed by atoms with Crippen LogP contribution < -0.4 is 9.47 Å². The van der Waals surface area contributed by atoms with Crippen molar-refractivity contribution in [2.75, 3.05) is 26.9 Å². The van der Waals surface area contributed by atoms with Gasteiger partial charge in [0.2, 0.25) is 0 Å². The van der Waals surface area contributed by atoms with Crippen molar-refractivity contribution in [3.8, 4) is 17.6 Å². The van der Waals surface area contributed by atoms with Crippen LogP contribution in [0, 0.1) is 17.2 Å². The molecular weight excluding hydrogens is 494 g/mol. The van der Waals surface area contributed by atoms with Crippen LogP contribution in [0.2, 0.25) is 0 Å². The third-order valence-corrected chi connectivity index (χ3v) is 9.43. The molecule has 3 aliphatic heterocycles. The summed E-state index contributed by atoms with van der Waals surface area (Å²) < 4.78 is 18.4. The van der Waals surface area contributed by atoms with Gasteiger partial charge in [-0.2, -0.15) is 5.26 Å². The summed E-state index contributed by atoms with van der Waals surface area (Å²) in [6.07, 6.45) is 4.07. The van der Waals surface area contributed by atoms with Gasteiger partial charge in [0.25, 0.3) is 0 Å². The molecule has 1 unspecified atom stereocenters. The van der Waals surface area contributed by atoms with Crippen molar-refractivity contribution in [1.29, 1.82) is 5.26 Å². The van der Waals surface area contributed by atoms with Crippen LogP contribution >= 0.6 is 0 Å². The Kier molecular flexibility index (Phi) is 5.69. The van der Waals surface area contributed by atoms with Gasteiger partial charge in [-0.05, 0) is 36.1 Å². The molecule has 2 bridgehead atoms. The number of morpholine rings is 1. The Morgan fingerprint density at radius 1 is 1.08 bits per heavy atom. The summed E-state index contributed by atoms with van der Waals surface area (Å²) in [5.74, 6) is -0.0548. The second kappa shape index (κ2) is 9.04. The summed E-state index contributed by atoms with van der Waals surface area (Å²) >= 11 is 0. The molecule has 8 heteroatoms. The van der Waals surface area contributed by atoms with E-state index in [1.165, 1.54) is 7.11 Å². The van der Waals surface area contributed by atoms with E-state index >= 15 is 0 Å². The SMILES string of the molecule is COc1cncc2c1[C@]1(O)[C@H](O)[C@H](CN3[C@@H]4CC[C@H]3COC4)C(c3ccccc3)[C@]1(c1ccc(C#N)cc1)O2. The first-order valence-corrected chi connectivity index (χ1v) is 13.5. The summed E-state index contributed by atoms with van der Waals surface area (Å²) in [5.41, 5.74) is -0.683. The maximum absolute atomic E-state index is 13.0. The van der Waals surface area contributed by atoms with E-state index in [4.69, 9.17) is 14.2 Å². The van der Waals surface area contributed by atoms with Crippen LogP contribution in [0.15, 0.2) is 67.0 Å². The highest BCUT2D eigenvalue weighted by molar-refractivity contribution is 5.59. The zero-order valence-corrected chi connectivity index (χ0v) is 21.7. The van der Waals surface area contributed by atoms with Crippen LogP contribution in [-0.2, 0) is 15.9 Å². The van der Waals surface area contributed by atoms with Gasteiger partial charge in [0.1, 0.15) is 11.5 Å². The summed E-state index contributed by atoms with van der Waals surface area (Å²) in [7, 11) is 1.53. The number of pyridine rings is 1. The Hall–Kier alpha value is -3.48. The van der Waals surface area contributed by atoms with Gasteiger partial charge in [0, 0.05) is 30.5 Å². The number of aliphatic hydroxyl groups excluding tert-OH is 1. The minimum atomic E-state index is -1.85. The fraction of sp³-hybridized carbons (Fsp3) is 0.419. The van der Waals surface area contributed by atoms with Gasteiger partial charge in [-0.25, -0.2) is 0 Å². The largest absolute Gasteiger partial charge is 0.495 e. The van der Waals surface area contributed by atoms with E-state index in [0.29, 0.717) is 60.0 Å². The lowest BCUT2D eigenvalue weighted by Gasteiger charge is -2.41. The highest BCUT2D eigenvalue weighted by Crippen LogP contribution is 2.69. The van der Waals surface area contributed by atoms with Crippen molar-refractivity contribution in [3.63, 3.8) is 0 Å². The molecule has 2 aromatic carbocycles. The highest BCUT2D eigenvalue weighted by Gasteiger charge is 2.77. The van der Waals surface area contributed by atoms with Crippen LogP contribution in [0.5, 0.6) is 11.5 Å². The Balaban J connectivity index is 1.47. The molecule has 1 saturated carbocycles. The van der Waals surface area contributed by atoms with E-state index in [1.807, 2.05) is 42.5 Å². The van der Waals surface area contributed by atoms with Gasteiger partial charge in [0.05, 0.1) is 56.0 Å². The second-order valence-corrected chi connectivity index (χ2v) is 11.1. The number of methoxy groups -OCH3 is 1. The number of hydrogen-bond donors (Lipinski definition) is 2. The molecule has 4 heterocycles. The lowest BCUT2D eigenvalue weighted by molar-refractivity contribution is -0.153. The number of hydrogen-bond acceptors (Lipinski definition) is 8. The number of nitriles is 1. The molecule has 2 N–H and O–H groups in total. The van der Waals surface area contributed by atoms with Crippen LogP contribution in [0.4, 0.5) is 0 Å². The average molecular weight is 526 g/mol. The lowest BCUT2D eigenvalue weighted by Crippen LogP contribution is -2.52. The topological polar surface area (TPSA) is 108 Å². The Labute approximate surface area is 227 Å². The second-order valence-electron chi connectivity index (χ2n) is 11.1. The molecule has 3 fully saturated rings. The van der Waals surface area contributed by atoms with Crippen molar-refractivity contribution >= 4 is 0 Å². The molecule has 1 aliphatic carbocycles. The van der Waals surface area contributed by atoms with E-state index < -0.39 is 23.2 Å². The number of benzene rings is 2. The zero-order chi connectivity index (χ0) is 26.8. The minimum absolute atomic E-state index is 0.292. The van der Waals surface area contributed by atoms with E-state index in [1.54, 1.807) is 24.5 Å². The standard InChI is InChI=1S/C31H31N3O5/c1-37-25-14-33-15-26-28(25)30(36)29(35)24(16-34-22-11-12-23(34)18-38-17-22)27(20-5-3-2-4-6-20)31(30,39-26)21-9-7-19(13-32)8-10-21/h2-10,14-15,22-24,27,29,35-36H,11-12,16-18H2,1H3/t22-,23+,24-,27?,29-,30+,31+/m1/s1. The van der Waals surface area contributed by atoms with Gasteiger partial charge < -0.3 is 24.4 Å². The number of rotatable bonds is 5. The highest BCUT2D eigenvalue weighted by atomic mass is 16.5. The molecule has 200 valence electrons. The zero-order valence-electron chi connectivity index (χ0n) is 21.7. The van der Waals surface area contributed by atoms with Crippen molar-refractivity contribution < 1.29 is 24.4 Å². The number of aromatic nitrogens is 1. The first-order chi connectivity index (χ1) is 19.0. The van der Waals surface area contributed by atoms with E-state index in [9.17, 15) is 15.5 Å². The Morgan fingerprint density at radius 2 is 1.79 bits per heavy atom. The summed E-state index contributed by atoms with van der Waals surface area (Å²) in [6.45, 7) is 1.95. The van der Waals surface area contributed by atoms with Crippen molar-refractivity contribution in [2.45, 2.75) is 48.1 Å². The van der Waals surface area contributed by atoms with Gasteiger partial charge in [-0.1, -0.05) is 42.5 Å². The van der Waals surface area contributed by atoms with Crippen LogP contribution in [0.25, 0.3) is 0 Å². The number of fused-ring (bicyclic) bond motifs is 5. The van der Waals surface area contributed by atoms with Crippen molar-refractivity contribution in [3.05, 3.63) is 89.2 Å². The predicted octanol–water partition coefficient (Wildman–Crippen LogP) is 3.08. The monoisotopic (exact) mass is 525 g/mol. The number of aliphatic hydroxyl groups is 2. The Morgan fingerprint density at radius 3 is 2.46 bits per heavy atom. The first-order valence-electron chi connectivity index (χ1n) is 13.5. The molecule has 0 amide bonds. The molecule has 0 spiro atoms. The first kappa shape index (κ1) is 24.6. The normalized spacial score (nSPS) is 34.7. The van der Waals surface area contributed by atoms with E-state index in [0.717, 1.165) is 18.4 Å². The van der Waals surface area contributed by atoms with Crippen molar-refractivity contribution in [1.82, 2.24) is 9.88 Å². The molecule has 7 rings (SSSR count). The van der Waals surface area contributed by atoms with Gasteiger partial charge in [-0.15, -0.1) is 0 Å². The van der Waals surface area contributed by atoms with Crippen LogP contribution in [-0.4, -0.2) is 65.2 Å². The van der Waals surface area contributed by atoms with Gasteiger partial charge in [0.15, 0.2) is 11.2 Å². The predicted molar refractivity (Wildman–Crippen MR) is 141 cm³/mol. The fourth-order valence-electron chi connectivity index (χ4n) is 7.78. The van der Waals surface area contributed by atoms with Crippen molar-refractivity contribution in [2.24, 2.45) is 5.92 Å². The molecule has 0 radical (unpaired) electrons. The average Bonchev–Trinajstić information content (AvgIpc) is 3.44. The fourth-order valence-corrected chi connectivity index (χ4v) is 7.78. The Bertz CT molecular complexity index is 1410. The lowest BCUT2D eigenvalue weighted by atomic mass is 9.70. The third kappa shape index (κ3) is 3.28. The maximum atomic E-state index is 13.0. The van der Waals surface area contributed by atoms with Crippen LogP contribution in [0.1, 0.15) is 41.0 Å². The summed E-state index contributed by atoms with van der Waals surface area (Å²) in [6, 6.07) is 19.9.